The van der Waals surface area contributed by atoms with Crippen molar-refractivity contribution in [3.63, 3.8) is 0 Å². The van der Waals surface area contributed by atoms with Gasteiger partial charge in [0.05, 0.1) is 0 Å². The maximum atomic E-state index is 2.52. The quantitative estimate of drug-likeness (QED) is 0.335. The molecular weight excluding hydrogens is 164 g/mol. The van der Waals surface area contributed by atoms with Crippen LogP contribution in [-0.4, -0.2) is 40.9 Å². The molecule has 0 N–H and O–H groups in total. The molecule has 0 saturated carbocycles. The number of quaternary nitrogens is 1. The summed E-state index contributed by atoms with van der Waals surface area (Å²) in [6.07, 6.45) is 0. The van der Waals surface area contributed by atoms with Crippen LogP contribution in [0.2, 0.25) is 0 Å². The minimum absolute atomic E-state index is 0. The first-order valence-electron chi connectivity index (χ1n) is 1.54. The van der Waals surface area contributed by atoms with Crippen molar-refractivity contribution in [2.24, 2.45) is 0 Å². The largest absolute Gasteiger partial charge is 1.00 e. The number of rotatable bonds is 0. The Bertz CT molecular complexity index is 26.3. The molecule has 0 aliphatic rings. The zero-order valence-electron chi connectivity index (χ0n) is 4.27. The van der Waals surface area contributed by atoms with Crippen LogP contribution in [0.3, 0.4) is 0 Å². The van der Waals surface area contributed by atoms with E-state index in [4.69, 9.17) is 0 Å². The Morgan fingerprint density at radius 3 is 1.17 bits per heavy atom. The molecule has 0 bridgehead atoms. The first-order chi connectivity index (χ1) is 2.00. The van der Waals surface area contributed by atoms with Crippen molar-refractivity contribution in [1.29, 1.82) is 0 Å². The third-order valence-corrected chi connectivity index (χ3v) is 0. The van der Waals surface area contributed by atoms with Gasteiger partial charge in [-0.15, -0.1) is 0 Å². The Morgan fingerprint density at radius 1 is 1.17 bits per heavy atom. The first-order valence-corrected chi connectivity index (χ1v) is 2.38. The fourth-order valence-electron chi connectivity index (χ4n) is 0. The van der Waals surface area contributed by atoms with Gasteiger partial charge in [0.25, 0.3) is 0 Å². The first kappa shape index (κ1) is 9.91. The number of hydrogen-bond donors (Lipinski definition) is 0. The van der Waals surface area contributed by atoms with Crippen molar-refractivity contribution in [3.05, 3.63) is 0 Å². The molecule has 3 heteroatoms. The van der Waals surface area contributed by atoms with E-state index in [0.717, 1.165) is 3.50 Å². The summed E-state index contributed by atoms with van der Waals surface area (Å²) in [5.41, 5.74) is 0. The minimum atomic E-state index is 0. The summed E-state index contributed by atoms with van der Waals surface area (Å²) < 4.78 is 0.938. The summed E-state index contributed by atoms with van der Waals surface area (Å²) >= 11 is 2.52. The molecule has 0 rings (SSSR count). The molecule has 0 aliphatic carbocycles. The second-order valence-electron chi connectivity index (χ2n) is 1.94. The standard InChI is InChI=1S/C3H10NSe.ClH/c1-4(2,3)5;/h5H,1-3H3;1H/q+1;/p-1. The second kappa shape index (κ2) is 2.86. The summed E-state index contributed by atoms with van der Waals surface area (Å²) in [5, 5.41) is 0. The van der Waals surface area contributed by atoms with Crippen LogP contribution in [0.5, 0.6) is 0 Å². The van der Waals surface area contributed by atoms with E-state index in [9.17, 15) is 0 Å². The van der Waals surface area contributed by atoms with Crippen LogP contribution in [0.15, 0.2) is 0 Å². The van der Waals surface area contributed by atoms with Gasteiger partial charge in [-0.1, -0.05) is 0 Å². The van der Waals surface area contributed by atoms with Gasteiger partial charge >= 0.3 is 40.9 Å². The number of nitrogens with zero attached hydrogens (tertiary/aromatic N) is 1. The topological polar surface area (TPSA) is 0 Å². The van der Waals surface area contributed by atoms with Gasteiger partial charge in [-0.3, -0.25) is 0 Å². The van der Waals surface area contributed by atoms with Crippen molar-refractivity contribution in [1.82, 2.24) is 0 Å². The van der Waals surface area contributed by atoms with Crippen LogP contribution in [0.25, 0.3) is 0 Å². The Balaban J connectivity index is 0. The van der Waals surface area contributed by atoms with Gasteiger partial charge in [0.1, 0.15) is 0 Å². The molecule has 0 fully saturated rings. The van der Waals surface area contributed by atoms with Crippen LogP contribution in [0.1, 0.15) is 0 Å². The smallest absolute Gasteiger partial charge is 1.00 e. The fourth-order valence-corrected chi connectivity index (χ4v) is 0. The van der Waals surface area contributed by atoms with Gasteiger partial charge < -0.3 is 12.4 Å². The summed E-state index contributed by atoms with van der Waals surface area (Å²) in [7, 11) is 6.29. The predicted molar refractivity (Wildman–Crippen MR) is 25.2 cm³/mol. The average molecular weight is 175 g/mol. The van der Waals surface area contributed by atoms with Gasteiger partial charge in [0, 0.05) is 0 Å². The molecule has 0 spiro atoms. The summed E-state index contributed by atoms with van der Waals surface area (Å²) in [5.74, 6) is 0. The van der Waals surface area contributed by atoms with Crippen LogP contribution < -0.4 is 12.4 Å². The third kappa shape index (κ3) is 114. The van der Waals surface area contributed by atoms with E-state index >= 15 is 0 Å². The van der Waals surface area contributed by atoms with Crippen LogP contribution in [-0.2, 0) is 0 Å². The Morgan fingerprint density at radius 2 is 1.17 bits per heavy atom. The molecular formula is C3H10ClNSe. The second-order valence-corrected chi connectivity index (χ2v) is 4.46. The minimum Gasteiger partial charge on any atom is -1.00 e. The zero-order valence-corrected chi connectivity index (χ0v) is 6.90. The molecule has 0 heterocycles. The fraction of sp³-hybridized carbons (Fsp3) is 1.00. The number of hydrogen-bond acceptors (Lipinski definition) is 0. The van der Waals surface area contributed by atoms with Crippen molar-refractivity contribution >= 4 is 16.2 Å². The van der Waals surface area contributed by atoms with Gasteiger partial charge in [-0.25, -0.2) is 0 Å². The third-order valence-electron chi connectivity index (χ3n) is 0. The SMILES string of the molecule is C[N+](C)(C)[SeH].[Cl-]. The summed E-state index contributed by atoms with van der Waals surface area (Å²) in [6, 6.07) is 0. The Kier molecular flexibility index (Phi) is 4.73. The molecule has 0 amide bonds. The molecule has 0 unspecified atom stereocenters. The van der Waals surface area contributed by atoms with E-state index in [2.05, 4.69) is 37.4 Å². The molecule has 1 nitrogen and oxygen atoms in total. The van der Waals surface area contributed by atoms with E-state index in [1.54, 1.807) is 0 Å². The van der Waals surface area contributed by atoms with E-state index in [1.165, 1.54) is 0 Å². The van der Waals surface area contributed by atoms with E-state index < -0.39 is 0 Å². The molecule has 0 aromatic rings. The number of halogens is 1. The van der Waals surface area contributed by atoms with Crippen molar-refractivity contribution in [2.45, 2.75) is 0 Å². The maximum Gasteiger partial charge on any atom is -1.00 e. The van der Waals surface area contributed by atoms with Crippen molar-refractivity contribution in [3.8, 4) is 0 Å². The van der Waals surface area contributed by atoms with E-state index in [1.807, 2.05) is 0 Å². The van der Waals surface area contributed by atoms with Gasteiger partial charge in [-0.2, -0.15) is 0 Å². The van der Waals surface area contributed by atoms with Gasteiger partial charge in [0.15, 0.2) is 0 Å². The molecule has 40 valence electrons. The van der Waals surface area contributed by atoms with Crippen molar-refractivity contribution in [2.75, 3.05) is 21.1 Å². The van der Waals surface area contributed by atoms with E-state index in [-0.39, 0.29) is 12.4 Å². The van der Waals surface area contributed by atoms with Crippen LogP contribution in [0, 0.1) is 0 Å². The van der Waals surface area contributed by atoms with E-state index in [0.29, 0.717) is 0 Å². The molecule has 0 saturated heterocycles. The average Bonchev–Trinajstić information content (AvgIpc) is 0.722. The monoisotopic (exact) mass is 175 g/mol. The molecule has 0 aromatic heterocycles. The van der Waals surface area contributed by atoms with Crippen LogP contribution in [0.4, 0.5) is 0 Å². The molecule has 6 heavy (non-hydrogen) atoms. The molecule has 0 aromatic carbocycles. The van der Waals surface area contributed by atoms with Crippen molar-refractivity contribution < 1.29 is 15.9 Å². The molecule has 0 aliphatic heterocycles. The summed E-state index contributed by atoms with van der Waals surface area (Å²) in [6.45, 7) is 0. The molecule has 0 atom stereocenters. The van der Waals surface area contributed by atoms with Gasteiger partial charge in [0.2, 0.25) is 0 Å². The van der Waals surface area contributed by atoms with Gasteiger partial charge in [-0.05, 0) is 0 Å². The zero-order chi connectivity index (χ0) is 4.50. The Labute approximate surface area is 53.7 Å². The normalized spacial score (nSPS) is 10.0. The summed E-state index contributed by atoms with van der Waals surface area (Å²) in [4.78, 5) is 0. The predicted octanol–water partition coefficient (Wildman–Crippen LogP) is -3.49. The maximum absolute atomic E-state index is 2.52. The molecule has 0 radical (unpaired) electrons. The Hall–Kier alpha value is 0.769. The van der Waals surface area contributed by atoms with Crippen LogP contribution >= 0.6 is 0 Å².